The molecule has 2 aliphatic heterocycles. The van der Waals surface area contributed by atoms with E-state index in [0.29, 0.717) is 0 Å². The number of carbonyl (C=O) groups excluding carboxylic acids is 1. The summed E-state index contributed by atoms with van der Waals surface area (Å²) in [5.74, 6) is 0.853. The zero-order chi connectivity index (χ0) is 19.3. The van der Waals surface area contributed by atoms with Gasteiger partial charge in [-0.05, 0) is 52.2 Å². The van der Waals surface area contributed by atoms with Crippen molar-refractivity contribution in [1.82, 2.24) is 20.4 Å². The fraction of sp³-hybridized carbons (Fsp3) is 0.895. The van der Waals surface area contributed by atoms with Crippen LogP contribution in [0.2, 0.25) is 0 Å². The number of primary amides is 1. The van der Waals surface area contributed by atoms with Gasteiger partial charge >= 0.3 is 0 Å². The second-order valence-electron chi connectivity index (χ2n) is 7.37. The van der Waals surface area contributed by atoms with Gasteiger partial charge in [0.1, 0.15) is 0 Å². The molecule has 0 aliphatic carbocycles. The summed E-state index contributed by atoms with van der Waals surface area (Å²) < 4.78 is 5.38. The van der Waals surface area contributed by atoms with Gasteiger partial charge in [-0.25, -0.2) is 0 Å². The minimum Gasteiger partial charge on any atom is -0.379 e. The number of piperidine rings is 1. The molecule has 2 rings (SSSR count). The number of carbonyl (C=O) groups is 1. The molecule has 2 fully saturated rings. The maximum absolute atomic E-state index is 11.2. The Morgan fingerprint density at radius 1 is 1.07 bits per heavy atom. The molecule has 0 aromatic rings. The van der Waals surface area contributed by atoms with E-state index in [1.807, 2.05) is 0 Å². The molecule has 156 valence electrons. The number of hydrogen-bond donors (Lipinski definition) is 3. The minimum atomic E-state index is -0.138. The normalized spacial score (nSPS) is 20.6. The number of guanidine groups is 1. The fourth-order valence-electron chi connectivity index (χ4n) is 3.58. The summed E-state index contributed by atoms with van der Waals surface area (Å²) in [6.07, 6.45) is 4.03. The van der Waals surface area contributed by atoms with Gasteiger partial charge in [0.05, 0.1) is 13.2 Å². The van der Waals surface area contributed by atoms with Crippen LogP contribution < -0.4 is 16.4 Å². The zero-order valence-electron chi connectivity index (χ0n) is 16.9. The lowest BCUT2D eigenvalue weighted by atomic mass is 9.96. The molecule has 8 heteroatoms. The van der Waals surface area contributed by atoms with Gasteiger partial charge in [0.15, 0.2) is 5.96 Å². The van der Waals surface area contributed by atoms with Crippen LogP contribution in [0.4, 0.5) is 0 Å². The van der Waals surface area contributed by atoms with E-state index in [1.165, 1.54) is 0 Å². The molecule has 2 saturated heterocycles. The first-order valence-electron chi connectivity index (χ1n) is 10.5. The standard InChI is InChI=1S/C19H38N6O2/c1-2-21-19(23-8-12-25-13-15-27-16-14-25)22-7-3-4-9-24-10-5-17(6-11-24)18(20)26/h17H,2-16H2,1H3,(H2,20,26)(H2,21,22,23). The Hall–Kier alpha value is -1.38. The number of morpholine rings is 1. The predicted octanol–water partition coefficient (Wildman–Crippen LogP) is -0.149. The number of unbranched alkanes of at least 4 members (excludes halogenated alkanes) is 1. The van der Waals surface area contributed by atoms with E-state index < -0.39 is 0 Å². The smallest absolute Gasteiger partial charge is 0.220 e. The van der Waals surface area contributed by atoms with Crippen molar-refractivity contribution in [3.05, 3.63) is 0 Å². The van der Waals surface area contributed by atoms with E-state index in [2.05, 4.69) is 32.3 Å². The Balaban J connectivity index is 1.55. The second kappa shape index (κ2) is 12.9. The van der Waals surface area contributed by atoms with Gasteiger partial charge in [0, 0.05) is 45.2 Å². The second-order valence-corrected chi connectivity index (χ2v) is 7.37. The Morgan fingerprint density at radius 3 is 2.44 bits per heavy atom. The topological polar surface area (TPSA) is 95.2 Å². The van der Waals surface area contributed by atoms with E-state index >= 15 is 0 Å². The maximum atomic E-state index is 11.2. The van der Waals surface area contributed by atoms with E-state index in [1.54, 1.807) is 0 Å². The minimum absolute atomic E-state index is 0.0806. The molecule has 0 aromatic heterocycles. The van der Waals surface area contributed by atoms with Crippen molar-refractivity contribution in [2.45, 2.75) is 32.6 Å². The van der Waals surface area contributed by atoms with Crippen LogP contribution in [0, 0.1) is 5.92 Å². The van der Waals surface area contributed by atoms with Crippen LogP contribution in [0.1, 0.15) is 32.6 Å². The van der Waals surface area contributed by atoms with Crippen LogP contribution in [-0.4, -0.2) is 93.8 Å². The summed E-state index contributed by atoms with van der Waals surface area (Å²) in [7, 11) is 0. The number of amides is 1. The highest BCUT2D eigenvalue weighted by Gasteiger charge is 2.22. The molecule has 2 heterocycles. The number of hydrogen-bond acceptors (Lipinski definition) is 5. The Kier molecular flexibility index (Phi) is 10.5. The summed E-state index contributed by atoms with van der Waals surface area (Å²) in [6.45, 7) is 12.5. The maximum Gasteiger partial charge on any atom is 0.220 e. The molecule has 0 aromatic carbocycles. The lowest BCUT2D eigenvalue weighted by Crippen LogP contribution is -2.44. The zero-order valence-corrected chi connectivity index (χ0v) is 16.9. The SMILES string of the molecule is CCNC(=NCCCCN1CCC(C(N)=O)CC1)NCCN1CCOCC1. The molecular weight excluding hydrogens is 344 g/mol. The summed E-state index contributed by atoms with van der Waals surface area (Å²) in [4.78, 5) is 20.8. The van der Waals surface area contributed by atoms with Crippen LogP contribution in [0.3, 0.4) is 0 Å². The third-order valence-electron chi connectivity index (χ3n) is 5.31. The number of aliphatic imine (C=N–C) groups is 1. The highest BCUT2D eigenvalue weighted by Crippen LogP contribution is 2.16. The molecule has 27 heavy (non-hydrogen) atoms. The van der Waals surface area contributed by atoms with Crippen molar-refractivity contribution in [1.29, 1.82) is 0 Å². The summed E-state index contributed by atoms with van der Waals surface area (Å²) in [5, 5.41) is 6.74. The highest BCUT2D eigenvalue weighted by molar-refractivity contribution is 5.79. The number of ether oxygens (including phenoxy) is 1. The average Bonchev–Trinajstić information content (AvgIpc) is 2.69. The van der Waals surface area contributed by atoms with Gasteiger partial charge in [-0.3, -0.25) is 14.7 Å². The molecule has 8 nitrogen and oxygen atoms in total. The first-order chi connectivity index (χ1) is 13.2. The molecule has 0 unspecified atom stereocenters. The number of rotatable bonds is 10. The van der Waals surface area contributed by atoms with E-state index in [9.17, 15) is 4.79 Å². The third-order valence-corrected chi connectivity index (χ3v) is 5.31. The van der Waals surface area contributed by atoms with Crippen LogP contribution in [0.25, 0.3) is 0 Å². The van der Waals surface area contributed by atoms with Gasteiger partial charge in [0.25, 0.3) is 0 Å². The van der Waals surface area contributed by atoms with Gasteiger partial charge in [-0.2, -0.15) is 0 Å². The molecule has 4 N–H and O–H groups in total. The van der Waals surface area contributed by atoms with Crippen LogP contribution in [0.15, 0.2) is 4.99 Å². The summed E-state index contributed by atoms with van der Waals surface area (Å²) in [5.41, 5.74) is 5.39. The molecule has 0 radical (unpaired) electrons. The summed E-state index contributed by atoms with van der Waals surface area (Å²) >= 11 is 0. The Labute approximate surface area is 163 Å². The van der Waals surface area contributed by atoms with Crippen molar-refractivity contribution >= 4 is 11.9 Å². The number of likely N-dealkylation sites (tertiary alicyclic amines) is 1. The molecule has 0 atom stereocenters. The van der Waals surface area contributed by atoms with Crippen molar-refractivity contribution in [2.24, 2.45) is 16.6 Å². The Bertz CT molecular complexity index is 445. The van der Waals surface area contributed by atoms with Crippen molar-refractivity contribution in [2.75, 3.05) is 72.1 Å². The third kappa shape index (κ3) is 8.90. The number of nitrogens with zero attached hydrogens (tertiary/aromatic N) is 3. The molecular formula is C19H38N6O2. The quantitative estimate of drug-likeness (QED) is 0.276. The lowest BCUT2D eigenvalue weighted by molar-refractivity contribution is -0.123. The first-order valence-corrected chi connectivity index (χ1v) is 10.5. The molecule has 1 amide bonds. The molecule has 0 saturated carbocycles. The molecule has 2 aliphatic rings. The predicted molar refractivity (Wildman–Crippen MR) is 109 cm³/mol. The van der Waals surface area contributed by atoms with Gasteiger partial charge in [-0.1, -0.05) is 0 Å². The molecule has 0 spiro atoms. The van der Waals surface area contributed by atoms with Crippen LogP contribution in [-0.2, 0) is 9.53 Å². The molecule has 0 bridgehead atoms. The number of nitrogens with two attached hydrogens (primary N) is 1. The largest absolute Gasteiger partial charge is 0.379 e. The van der Waals surface area contributed by atoms with E-state index in [4.69, 9.17) is 10.5 Å². The first kappa shape index (κ1) is 21.9. The summed E-state index contributed by atoms with van der Waals surface area (Å²) in [6, 6.07) is 0. The van der Waals surface area contributed by atoms with Gasteiger partial charge in [-0.15, -0.1) is 0 Å². The van der Waals surface area contributed by atoms with Crippen molar-refractivity contribution < 1.29 is 9.53 Å². The van der Waals surface area contributed by atoms with Crippen LogP contribution in [0.5, 0.6) is 0 Å². The Morgan fingerprint density at radius 2 is 1.78 bits per heavy atom. The van der Waals surface area contributed by atoms with E-state index in [0.717, 1.165) is 104 Å². The van der Waals surface area contributed by atoms with Crippen molar-refractivity contribution in [3.63, 3.8) is 0 Å². The van der Waals surface area contributed by atoms with Crippen LogP contribution >= 0.6 is 0 Å². The van der Waals surface area contributed by atoms with Gasteiger partial charge < -0.3 is 26.0 Å². The number of nitrogens with one attached hydrogen (secondary N) is 2. The monoisotopic (exact) mass is 382 g/mol. The van der Waals surface area contributed by atoms with E-state index in [-0.39, 0.29) is 11.8 Å². The fourth-order valence-corrected chi connectivity index (χ4v) is 3.58. The average molecular weight is 383 g/mol. The van der Waals surface area contributed by atoms with Gasteiger partial charge in [0.2, 0.25) is 5.91 Å². The highest BCUT2D eigenvalue weighted by atomic mass is 16.5. The van der Waals surface area contributed by atoms with Crippen molar-refractivity contribution in [3.8, 4) is 0 Å². The lowest BCUT2D eigenvalue weighted by Gasteiger charge is -2.30.